The van der Waals surface area contributed by atoms with Gasteiger partial charge in [-0.25, -0.2) is 4.79 Å². The van der Waals surface area contributed by atoms with Gasteiger partial charge in [0, 0.05) is 11.5 Å². The number of nitrogens with zero attached hydrogens (tertiary/aromatic N) is 1. The van der Waals surface area contributed by atoms with E-state index in [9.17, 15) is 9.59 Å². The zero-order valence-electron chi connectivity index (χ0n) is 18.5. The van der Waals surface area contributed by atoms with E-state index >= 15 is 0 Å². The molecule has 3 aromatic rings. The number of benzene rings is 2. The molecule has 0 radical (unpaired) electrons. The second-order valence-corrected chi connectivity index (χ2v) is 8.24. The molecule has 0 bridgehead atoms. The van der Waals surface area contributed by atoms with Crippen LogP contribution in [0.15, 0.2) is 48.5 Å². The Balaban J connectivity index is 1.39. The maximum absolute atomic E-state index is 12.8. The third-order valence-electron chi connectivity index (χ3n) is 6.10. The largest absolute Gasteiger partial charge is 0.497 e. The van der Waals surface area contributed by atoms with Gasteiger partial charge in [0.05, 0.1) is 32.0 Å². The molecule has 1 amide bonds. The molecule has 0 aliphatic carbocycles. The Morgan fingerprint density at radius 3 is 2.53 bits per heavy atom. The number of hydrogen-bond acceptors (Lipinski definition) is 5. The number of fused-ring (bicyclic) bond motifs is 1. The lowest BCUT2D eigenvalue weighted by Crippen LogP contribution is -2.39. The molecule has 4 rings (SSSR count). The third-order valence-corrected chi connectivity index (χ3v) is 6.10. The summed E-state index contributed by atoms with van der Waals surface area (Å²) < 4.78 is 10.1. The number of likely N-dealkylation sites (tertiary alicyclic amines) is 1. The molecule has 1 aliphatic rings. The van der Waals surface area contributed by atoms with Gasteiger partial charge in [0.1, 0.15) is 11.4 Å². The number of rotatable bonds is 7. The number of ether oxygens (including phenoxy) is 2. The number of carbonyl (C=O) groups excluding carboxylic acids is 2. The molecule has 1 aromatic heterocycles. The molecule has 168 valence electrons. The molecule has 1 aliphatic heterocycles. The number of esters is 1. The lowest BCUT2D eigenvalue weighted by atomic mass is 9.90. The molecule has 2 aromatic carbocycles. The standard InChI is InChI=1S/C25H29N3O4/c1-31-19-8-9-20-21(15-19)26-24(25(30)32-2)23(20)27-22(29)16-28-12-10-18(11-13-28)14-17-6-4-3-5-7-17/h3-9,15,18,26H,10-14,16H2,1-2H3,(H,27,29). The van der Waals surface area contributed by atoms with E-state index in [2.05, 4.69) is 39.5 Å². The van der Waals surface area contributed by atoms with Crippen LogP contribution in [0.2, 0.25) is 0 Å². The van der Waals surface area contributed by atoms with Gasteiger partial charge in [-0.05, 0) is 56.0 Å². The lowest BCUT2D eigenvalue weighted by molar-refractivity contribution is -0.117. The molecule has 32 heavy (non-hydrogen) atoms. The van der Waals surface area contributed by atoms with Crippen molar-refractivity contribution in [2.45, 2.75) is 19.3 Å². The average molecular weight is 436 g/mol. The van der Waals surface area contributed by atoms with Gasteiger partial charge in [0.15, 0.2) is 0 Å². The zero-order valence-corrected chi connectivity index (χ0v) is 18.5. The second-order valence-electron chi connectivity index (χ2n) is 8.24. The number of H-pyrrole nitrogens is 1. The first-order valence-corrected chi connectivity index (χ1v) is 10.9. The van der Waals surface area contributed by atoms with Crippen molar-refractivity contribution in [1.29, 1.82) is 0 Å². The van der Waals surface area contributed by atoms with Crippen molar-refractivity contribution in [2.24, 2.45) is 5.92 Å². The highest BCUT2D eigenvalue weighted by Gasteiger charge is 2.24. The predicted octanol–water partition coefficient (Wildman–Crippen LogP) is 3.86. The van der Waals surface area contributed by atoms with Crippen molar-refractivity contribution >= 4 is 28.5 Å². The summed E-state index contributed by atoms with van der Waals surface area (Å²) in [6.45, 7) is 2.07. The Morgan fingerprint density at radius 1 is 1.09 bits per heavy atom. The van der Waals surface area contributed by atoms with E-state index in [-0.39, 0.29) is 11.6 Å². The summed E-state index contributed by atoms with van der Waals surface area (Å²) >= 11 is 0. The van der Waals surface area contributed by atoms with Crippen LogP contribution in [-0.4, -0.2) is 55.6 Å². The van der Waals surface area contributed by atoms with Crippen LogP contribution in [0.25, 0.3) is 10.9 Å². The molecular weight excluding hydrogens is 406 g/mol. The first kappa shape index (κ1) is 21.9. The molecule has 7 nitrogen and oxygen atoms in total. The number of methoxy groups -OCH3 is 2. The van der Waals surface area contributed by atoms with Gasteiger partial charge in [0.25, 0.3) is 0 Å². The predicted molar refractivity (Wildman–Crippen MR) is 124 cm³/mol. The summed E-state index contributed by atoms with van der Waals surface area (Å²) in [6.07, 6.45) is 3.23. The Bertz CT molecular complexity index is 1090. The van der Waals surface area contributed by atoms with Crippen molar-refractivity contribution in [3.05, 3.63) is 59.8 Å². The lowest BCUT2D eigenvalue weighted by Gasteiger charge is -2.31. The molecule has 1 fully saturated rings. The smallest absolute Gasteiger partial charge is 0.356 e. The number of carbonyl (C=O) groups is 2. The Kier molecular flexibility index (Phi) is 6.75. The van der Waals surface area contributed by atoms with Crippen LogP contribution in [0.4, 0.5) is 5.69 Å². The summed E-state index contributed by atoms with van der Waals surface area (Å²) in [5.74, 6) is 0.628. The fraction of sp³-hybridized carbons (Fsp3) is 0.360. The topological polar surface area (TPSA) is 83.7 Å². The first-order chi connectivity index (χ1) is 15.6. The maximum Gasteiger partial charge on any atom is 0.356 e. The monoisotopic (exact) mass is 435 g/mol. The molecule has 0 spiro atoms. The second kappa shape index (κ2) is 9.87. The molecule has 0 atom stereocenters. The highest BCUT2D eigenvalue weighted by Crippen LogP contribution is 2.31. The van der Waals surface area contributed by atoms with Gasteiger partial charge in [0.2, 0.25) is 5.91 Å². The fourth-order valence-corrected chi connectivity index (χ4v) is 4.37. The maximum atomic E-state index is 12.8. The van der Waals surface area contributed by atoms with Crippen LogP contribution >= 0.6 is 0 Å². The fourth-order valence-electron chi connectivity index (χ4n) is 4.37. The van der Waals surface area contributed by atoms with Gasteiger partial charge in [-0.3, -0.25) is 9.69 Å². The number of hydrogen-bond donors (Lipinski definition) is 2. The van der Waals surface area contributed by atoms with E-state index in [1.54, 1.807) is 19.2 Å². The molecule has 1 saturated heterocycles. The molecule has 7 heteroatoms. The molecule has 0 unspecified atom stereocenters. The van der Waals surface area contributed by atoms with E-state index in [0.29, 0.717) is 29.4 Å². The van der Waals surface area contributed by atoms with Gasteiger partial charge >= 0.3 is 5.97 Å². The number of amides is 1. The van der Waals surface area contributed by atoms with Gasteiger partial charge in [-0.2, -0.15) is 0 Å². The number of nitrogens with one attached hydrogen (secondary N) is 2. The van der Waals surface area contributed by atoms with Crippen molar-refractivity contribution < 1.29 is 19.1 Å². The summed E-state index contributed by atoms with van der Waals surface area (Å²) in [4.78, 5) is 30.3. The molecular formula is C25H29N3O4. The van der Waals surface area contributed by atoms with Crippen LogP contribution in [0.1, 0.15) is 28.9 Å². The summed E-state index contributed by atoms with van der Waals surface area (Å²) in [7, 11) is 2.90. The van der Waals surface area contributed by atoms with E-state index < -0.39 is 5.97 Å². The Morgan fingerprint density at radius 2 is 1.84 bits per heavy atom. The minimum absolute atomic E-state index is 0.145. The zero-order chi connectivity index (χ0) is 22.5. The SMILES string of the molecule is COC(=O)c1[nH]c2cc(OC)ccc2c1NC(=O)CN1CCC(Cc2ccccc2)CC1. The third kappa shape index (κ3) is 4.94. The van der Waals surface area contributed by atoms with Crippen molar-refractivity contribution in [3.63, 3.8) is 0 Å². The highest BCUT2D eigenvalue weighted by atomic mass is 16.5. The summed E-state index contributed by atoms with van der Waals surface area (Å²) in [5.41, 5.74) is 2.74. The molecule has 0 saturated carbocycles. The quantitative estimate of drug-likeness (QED) is 0.551. The highest BCUT2D eigenvalue weighted by molar-refractivity contribution is 6.11. The van der Waals surface area contributed by atoms with Gasteiger partial charge < -0.3 is 19.8 Å². The van der Waals surface area contributed by atoms with Crippen LogP contribution < -0.4 is 10.1 Å². The number of aromatic amines is 1. The van der Waals surface area contributed by atoms with Gasteiger partial charge in [-0.1, -0.05) is 30.3 Å². The average Bonchev–Trinajstić information content (AvgIpc) is 3.17. The molecule has 2 N–H and O–H groups in total. The molecule has 2 heterocycles. The van der Waals surface area contributed by atoms with Gasteiger partial charge in [-0.15, -0.1) is 0 Å². The van der Waals surface area contributed by atoms with Crippen LogP contribution in [0, 0.1) is 5.92 Å². The van der Waals surface area contributed by atoms with E-state index in [1.807, 2.05) is 12.1 Å². The minimum atomic E-state index is -0.530. The van der Waals surface area contributed by atoms with Crippen LogP contribution in [0.3, 0.4) is 0 Å². The summed E-state index contributed by atoms with van der Waals surface area (Å²) in [5, 5.41) is 3.67. The van der Waals surface area contributed by atoms with Crippen molar-refractivity contribution in [3.8, 4) is 5.75 Å². The Hall–Kier alpha value is -3.32. The number of piperidine rings is 1. The van der Waals surface area contributed by atoms with Crippen LogP contribution in [-0.2, 0) is 16.0 Å². The summed E-state index contributed by atoms with van der Waals surface area (Å²) in [6, 6.07) is 16.0. The minimum Gasteiger partial charge on any atom is -0.497 e. The number of anilines is 1. The van der Waals surface area contributed by atoms with E-state index in [4.69, 9.17) is 9.47 Å². The van der Waals surface area contributed by atoms with Crippen molar-refractivity contribution in [2.75, 3.05) is 39.2 Å². The Labute approximate surface area is 187 Å². The van der Waals surface area contributed by atoms with Crippen LogP contribution in [0.5, 0.6) is 5.75 Å². The first-order valence-electron chi connectivity index (χ1n) is 10.9. The van der Waals surface area contributed by atoms with E-state index in [1.165, 1.54) is 12.7 Å². The normalized spacial score (nSPS) is 14.9. The van der Waals surface area contributed by atoms with Crippen molar-refractivity contribution in [1.82, 2.24) is 9.88 Å². The van der Waals surface area contributed by atoms with E-state index in [0.717, 1.165) is 37.7 Å². The number of aromatic nitrogens is 1.